The Morgan fingerprint density at radius 1 is 1.31 bits per heavy atom. The summed E-state index contributed by atoms with van der Waals surface area (Å²) in [5.74, 6) is -2.83. The summed E-state index contributed by atoms with van der Waals surface area (Å²) in [6.07, 6.45) is 4.52. The standard InChI is InChI=1S/C19H19FN4O2/c1-4-19(2,3)16-13(21-10-22-16)9-14-17(25)24-15(18(26)23-14)11-5-7-12(20)8-6-11/h4-10,15H,1H2,2-3H3,(H,21,22)(H,23,26)(H,24,25)/b14-9-/i5D,6D,7D,8D. The van der Waals surface area contributed by atoms with E-state index >= 15 is 0 Å². The number of rotatable bonds is 4. The number of aromatic nitrogens is 2. The lowest BCUT2D eigenvalue weighted by molar-refractivity contribution is -0.131. The van der Waals surface area contributed by atoms with Crippen molar-refractivity contribution in [3.63, 3.8) is 0 Å². The molecule has 1 saturated heterocycles. The van der Waals surface area contributed by atoms with Gasteiger partial charge in [-0.15, -0.1) is 6.58 Å². The van der Waals surface area contributed by atoms with Crippen molar-refractivity contribution in [2.24, 2.45) is 0 Å². The third kappa shape index (κ3) is 3.28. The largest absolute Gasteiger partial charge is 0.347 e. The number of hydrogen-bond acceptors (Lipinski definition) is 3. The van der Waals surface area contributed by atoms with E-state index in [0.717, 1.165) is 0 Å². The van der Waals surface area contributed by atoms with Crippen LogP contribution in [0.3, 0.4) is 0 Å². The molecule has 2 heterocycles. The van der Waals surface area contributed by atoms with E-state index < -0.39 is 58.8 Å². The van der Waals surface area contributed by atoms with Crippen LogP contribution >= 0.6 is 0 Å². The Labute approximate surface area is 155 Å². The Balaban J connectivity index is 1.98. The first-order valence-corrected chi connectivity index (χ1v) is 7.76. The molecule has 1 atom stereocenters. The molecule has 0 aliphatic carbocycles. The second-order valence-electron chi connectivity index (χ2n) is 6.27. The van der Waals surface area contributed by atoms with Gasteiger partial charge >= 0.3 is 0 Å². The van der Waals surface area contributed by atoms with Crippen LogP contribution in [0, 0.1) is 5.82 Å². The SMILES string of the molecule is [2H]c1c([2H])c(C2NC(=O)/C(=C/c3nc[nH]c3C(C)(C)C=C)NC2=O)c([2H])c([2H])c1F. The van der Waals surface area contributed by atoms with E-state index in [0.29, 0.717) is 11.4 Å². The molecule has 134 valence electrons. The molecule has 1 fully saturated rings. The maximum absolute atomic E-state index is 13.8. The van der Waals surface area contributed by atoms with Gasteiger partial charge in [0.2, 0.25) is 0 Å². The van der Waals surface area contributed by atoms with Crippen LogP contribution in [-0.2, 0) is 15.0 Å². The zero-order valence-electron chi connectivity index (χ0n) is 18.2. The van der Waals surface area contributed by atoms with Crippen molar-refractivity contribution in [1.82, 2.24) is 20.6 Å². The van der Waals surface area contributed by atoms with Gasteiger partial charge in [0.15, 0.2) is 0 Å². The molecule has 2 aromatic rings. The minimum atomic E-state index is -1.51. The van der Waals surface area contributed by atoms with Crippen LogP contribution in [-0.4, -0.2) is 21.8 Å². The van der Waals surface area contributed by atoms with Crippen LogP contribution in [0.5, 0.6) is 0 Å². The van der Waals surface area contributed by atoms with Crippen molar-refractivity contribution in [3.05, 3.63) is 71.6 Å². The summed E-state index contributed by atoms with van der Waals surface area (Å²) in [4.78, 5) is 32.4. The summed E-state index contributed by atoms with van der Waals surface area (Å²) in [5.41, 5.74) is 0.0813. The molecule has 6 nitrogen and oxygen atoms in total. The fourth-order valence-electron chi connectivity index (χ4n) is 2.46. The zero-order valence-corrected chi connectivity index (χ0v) is 14.2. The summed E-state index contributed by atoms with van der Waals surface area (Å²) in [5, 5.41) is 4.77. The third-order valence-electron chi connectivity index (χ3n) is 4.05. The maximum atomic E-state index is 13.8. The van der Waals surface area contributed by atoms with Crippen LogP contribution in [0.25, 0.3) is 6.08 Å². The topological polar surface area (TPSA) is 86.9 Å². The van der Waals surface area contributed by atoms with E-state index in [9.17, 15) is 14.0 Å². The molecule has 1 aliphatic rings. The smallest absolute Gasteiger partial charge is 0.268 e. The minimum Gasteiger partial charge on any atom is -0.347 e. The Morgan fingerprint density at radius 3 is 2.65 bits per heavy atom. The molecule has 0 bridgehead atoms. The molecule has 1 aliphatic heterocycles. The molecular formula is C19H19FN4O2. The van der Waals surface area contributed by atoms with Crippen LogP contribution in [0.15, 0.2) is 48.8 Å². The predicted octanol–water partition coefficient (Wildman–Crippen LogP) is 2.34. The third-order valence-corrected chi connectivity index (χ3v) is 4.05. The molecule has 2 amide bonds. The van der Waals surface area contributed by atoms with E-state index in [1.54, 1.807) is 6.08 Å². The number of hydrogen-bond donors (Lipinski definition) is 3. The summed E-state index contributed by atoms with van der Waals surface area (Å²) in [6, 6.07) is -4.80. The van der Waals surface area contributed by atoms with Crippen molar-refractivity contribution in [3.8, 4) is 0 Å². The van der Waals surface area contributed by atoms with Gasteiger partial charge in [0, 0.05) is 5.41 Å². The average molecular weight is 358 g/mol. The Hall–Kier alpha value is -3.22. The number of halogens is 1. The van der Waals surface area contributed by atoms with E-state index in [-0.39, 0.29) is 5.70 Å². The normalized spacial score (nSPS) is 21.3. The fourth-order valence-corrected chi connectivity index (χ4v) is 2.46. The van der Waals surface area contributed by atoms with E-state index in [1.165, 1.54) is 12.4 Å². The lowest BCUT2D eigenvalue weighted by Crippen LogP contribution is -2.49. The molecule has 26 heavy (non-hydrogen) atoms. The van der Waals surface area contributed by atoms with Crippen LogP contribution in [0.2, 0.25) is 0 Å². The van der Waals surface area contributed by atoms with Gasteiger partial charge in [-0.05, 0) is 23.7 Å². The number of imidazole rings is 1. The molecular weight excluding hydrogens is 335 g/mol. The van der Waals surface area contributed by atoms with Gasteiger partial charge in [0.25, 0.3) is 11.8 Å². The number of carbonyl (C=O) groups is 2. The first kappa shape index (κ1) is 13.0. The summed E-state index contributed by atoms with van der Waals surface area (Å²) in [7, 11) is 0. The van der Waals surface area contributed by atoms with Gasteiger partial charge < -0.3 is 15.6 Å². The average Bonchev–Trinajstić information content (AvgIpc) is 3.17. The van der Waals surface area contributed by atoms with Gasteiger partial charge in [-0.1, -0.05) is 32.0 Å². The second kappa shape index (κ2) is 6.59. The first-order chi connectivity index (χ1) is 14.0. The number of allylic oxidation sites excluding steroid dienone is 1. The first-order valence-electron chi connectivity index (χ1n) is 9.76. The van der Waals surface area contributed by atoms with E-state index in [2.05, 4.69) is 27.2 Å². The highest BCUT2D eigenvalue weighted by atomic mass is 19.1. The summed E-state index contributed by atoms with van der Waals surface area (Å²) in [6.45, 7) is 7.56. The molecule has 1 aromatic heterocycles. The Morgan fingerprint density at radius 2 is 2.00 bits per heavy atom. The number of benzene rings is 1. The van der Waals surface area contributed by atoms with Crippen LogP contribution < -0.4 is 10.6 Å². The quantitative estimate of drug-likeness (QED) is 0.579. The molecule has 1 unspecified atom stereocenters. The predicted molar refractivity (Wildman–Crippen MR) is 95.2 cm³/mol. The summed E-state index contributed by atoms with van der Waals surface area (Å²) < 4.78 is 44.7. The highest BCUT2D eigenvalue weighted by Gasteiger charge is 2.31. The van der Waals surface area contributed by atoms with Gasteiger partial charge in [-0.2, -0.15) is 0 Å². The molecule has 0 spiro atoms. The molecule has 1 aromatic carbocycles. The number of aromatic amines is 1. The monoisotopic (exact) mass is 358 g/mol. The van der Waals surface area contributed by atoms with Crippen molar-refractivity contribution < 1.29 is 19.5 Å². The van der Waals surface area contributed by atoms with Crippen molar-refractivity contribution in [1.29, 1.82) is 0 Å². The fraction of sp³-hybridized carbons (Fsp3) is 0.211. The highest BCUT2D eigenvalue weighted by Crippen LogP contribution is 2.26. The van der Waals surface area contributed by atoms with Crippen LogP contribution in [0.4, 0.5) is 4.39 Å². The highest BCUT2D eigenvalue weighted by molar-refractivity contribution is 6.07. The molecule has 3 N–H and O–H groups in total. The van der Waals surface area contributed by atoms with Crippen molar-refractivity contribution in [2.75, 3.05) is 0 Å². The number of amides is 2. The van der Waals surface area contributed by atoms with Gasteiger partial charge in [0.05, 0.1) is 23.2 Å². The van der Waals surface area contributed by atoms with Gasteiger partial charge in [-0.25, -0.2) is 9.37 Å². The Kier molecular flexibility index (Phi) is 3.31. The second-order valence-corrected chi connectivity index (χ2v) is 6.27. The van der Waals surface area contributed by atoms with E-state index in [4.69, 9.17) is 5.48 Å². The molecule has 7 heteroatoms. The summed E-state index contributed by atoms with van der Waals surface area (Å²) >= 11 is 0. The van der Waals surface area contributed by atoms with Gasteiger partial charge in [0.1, 0.15) is 17.6 Å². The van der Waals surface area contributed by atoms with Crippen LogP contribution in [0.1, 0.15) is 42.3 Å². The number of carbonyl (C=O) groups excluding carboxylic acids is 2. The molecule has 3 rings (SSSR count). The Bertz CT molecular complexity index is 1080. The zero-order chi connectivity index (χ0) is 22.4. The number of nitrogens with zero attached hydrogens (tertiary/aromatic N) is 1. The minimum absolute atomic E-state index is 0.109. The maximum Gasteiger partial charge on any atom is 0.268 e. The van der Waals surface area contributed by atoms with Crippen molar-refractivity contribution in [2.45, 2.75) is 25.3 Å². The van der Waals surface area contributed by atoms with E-state index in [1.807, 2.05) is 13.8 Å². The lowest BCUT2D eigenvalue weighted by atomic mass is 9.88. The number of nitrogens with one attached hydrogen (secondary N) is 3. The molecule has 0 saturated carbocycles. The van der Waals surface area contributed by atoms with Gasteiger partial charge in [-0.3, -0.25) is 9.59 Å². The lowest BCUT2D eigenvalue weighted by Gasteiger charge is -2.25. The molecule has 0 radical (unpaired) electrons. The number of piperazine rings is 1. The van der Waals surface area contributed by atoms with Crippen molar-refractivity contribution >= 4 is 17.9 Å². The number of H-pyrrole nitrogens is 1.